The van der Waals surface area contributed by atoms with E-state index in [0.29, 0.717) is 0 Å². The van der Waals surface area contributed by atoms with Gasteiger partial charge in [-0.3, -0.25) is 0 Å². The predicted octanol–water partition coefficient (Wildman–Crippen LogP) is 2.67. The fourth-order valence-corrected chi connectivity index (χ4v) is 1.68. The molecule has 1 amide bonds. The van der Waals surface area contributed by atoms with Crippen LogP contribution in [0.5, 0.6) is 0 Å². The Morgan fingerprint density at radius 2 is 2.00 bits per heavy atom. The van der Waals surface area contributed by atoms with Gasteiger partial charge in [0.1, 0.15) is 23.4 Å². The number of carbonyl (C=O) groups is 1. The van der Waals surface area contributed by atoms with Crippen molar-refractivity contribution in [2.24, 2.45) is 5.41 Å². The summed E-state index contributed by atoms with van der Waals surface area (Å²) < 4.78 is 32.5. The smallest absolute Gasteiger partial charge is 0.427 e. The minimum Gasteiger partial charge on any atom is -0.427 e. The zero-order valence-corrected chi connectivity index (χ0v) is 11.2. The van der Waals surface area contributed by atoms with E-state index in [4.69, 9.17) is 10.00 Å². The van der Waals surface area contributed by atoms with E-state index in [1.165, 1.54) is 6.07 Å². The van der Waals surface area contributed by atoms with Crippen molar-refractivity contribution in [1.82, 2.24) is 5.43 Å². The lowest BCUT2D eigenvalue weighted by atomic mass is 9.95. The van der Waals surface area contributed by atoms with Crippen LogP contribution in [0.4, 0.5) is 19.3 Å². The minimum atomic E-state index is -0.905. The van der Waals surface area contributed by atoms with Gasteiger partial charge in [0.15, 0.2) is 6.23 Å². The van der Waals surface area contributed by atoms with E-state index in [1.54, 1.807) is 0 Å². The Bertz CT molecular complexity index is 605. The molecule has 1 atom stereocenters. The van der Waals surface area contributed by atoms with E-state index in [2.05, 4.69) is 5.43 Å². The molecule has 0 saturated carbocycles. The van der Waals surface area contributed by atoms with E-state index < -0.39 is 34.9 Å². The molecule has 0 aromatic heterocycles. The van der Waals surface area contributed by atoms with E-state index in [-0.39, 0.29) is 5.69 Å². The fourth-order valence-electron chi connectivity index (χ4n) is 1.68. The molecule has 5 nitrogen and oxygen atoms in total. The first kappa shape index (κ1) is 14.2. The maximum atomic E-state index is 13.9. The Morgan fingerprint density at radius 1 is 1.35 bits per heavy atom. The SMILES string of the molecule is CC(C)(C)C1NN(c2cc(F)c(C#N)cc2F)C(=O)O1. The first-order chi connectivity index (χ1) is 9.24. The number of benzene rings is 1. The Labute approximate surface area is 114 Å². The summed E-state index contributed by atoms with van der Waals surface area (Å²) in [7, 11) is 0. The van der Waals surface area contributed by atoms with Crippen LogP contribution in [0, 0.1) is 28.4 Å². The highest BCUT2D eigenvalue weighted by molar-refractivity contribution is 5.88. The molecular formula is C13H13F2N3O2. The number of nitriles is 1. The number of ether oxygens (including phenoxy) is 1. The molecular weight excluding hydrogens is 268 g/mol. The molecule has 7 heteroatoms. The zero-order valence-electron chi connectivity index (χ0n) is 11.2. The van der Waals surface area contributed by atoms with E-state index in [1.807, 2.05) is 20.8 Å². The first-order valence-electron chi connectivity index (χ1n) is 5.90. The number of cyclic esters (lactones) is 1. The number of anilines is 1. The third kappa shape index (κ3) is 2.42. The largest absolute Gasteiger partial charge is 0.430 e. The number of carbonyl (C=O) groups excluding carboxylic acids is 1. The third-order valence-electron chi connectivity index (χ3n) is 2.83. The standard InChI is InChI=1S/C13H13F2N3O2/c1-13(2,3)11-17-18(12(19)20-11)10-5-8(14)7(6-16)4-9(10)15/h4-5,11,17H,1-3H3. The van der Waals surface area contributed by atoms with Crippen LogP contribution in [-0.2, 0) is 4.74 Å². The second kappa shape index (κ2) is 4.72. The summed E-state index contributed by atoms with van der Waals surface area (Å²) in [6.45, 7) is 5.49. The maximum Gasteiger partial charge on any atom is 0.430 e. The molecule has 1 aliphatic rings. The van der Waals surface area contributed by atoms with Crippen LogP contribution < -0.4 is 10.4 Å². The normalized spacial score (nSPS) is 18.9. The van der Waals surface area contributed by atoms with Gasteiger partial charge in [0.2, 0.25) is 0 Å². The van der Waals surface area contributed by atoms with Crippen molar-refractivity contribution in [1.29, 1.82) is 5.26 Å². The number of hydrazine groups is 1. The molecule has 20 heavy (non-hydrogen) atoms. The molecule has 0 radical (unpaired) electrons. The number of hydrogen-bond donors (Lipinski definition) is 1. The number of amides is 1. The predicted molar refractivity (Wildman–Crippen MR) is 66.4 cm³/mol. The lowest BCUT2D eigenvalue weighted by Gasteiger charge is -2.24. The zero-order chi connectivity index (χ0) is 15.1. The Kier molecular flexibility index (Phi) is 3.36. The van der Waals surface area contributed by atoms with Crippen molar-refractivity contribution in [2.45, 2.75) is 27.0 Å². The van der Waals surface area contributed by atoms with Crippen LogP contribution in [-0.4, -0.2) is 12.3 Å². The lowest BCUT2D eigenvalue weighted by molar-refractivity contribution is 0.0522. The summed E-state index contributed by atoms with van der Waals surface area (Å²) in [6.07, 6.45) is -1.49. The van der Waals surface area contributed by atoms with Gasteiger partial charge in [-0.1, -0.05) is 20.8 Å². The molecule has 106 valence electrons. The second-order valence-electron chi connectivity index (χ2n) is 5.49. The highest BCUT2D eigenvalue weighted by atomic mass is 19.1. The molecule has 1 aromatic rings. The second-order valence-corrected chi connectivity index (χ2v) is 5.49. The van der Waals surface area contributed by atoms with Gasteiger partial charge in [0.25, 0.3) is 0 Å². The lowest BCUT2D eigenvalue weighted by Crippen LogP contribution is -2.43. The van der Waals surface area contributed by atoms with Crippen molar-refractivity contribution in [3.05, 3.63) is 29.3 Å². The summed E-state index contributed by atoms with van der Waals surface area (Å²) in [4.78, 5) is 11.7. The van der Waals surface area contributed by atoms with Crippen molar-refractivity contribution in [2.75, 3.05) is 5.01 Å². The molecule has 1 aliphatic heterocycles. The van der Waals surface area contributed by atoms with Crippen molar-refractivity contribution < 1.29 is 18.3 Å². The van der Waals surface area contributed by atoms with Gasteiger partial charge in [-0.15, -0.1) is 0 Å². The molecule has 2 rings (SSSR count). The summed E-state index contributed by atoms with van der Waals surface area (Å²) in [6, 6.07) is 3.05. The van der Waals surface area contributed by atoms with Crippen LogP contribution in [0.3, 0.4) is 0 Å². The van der Waals surface area contributed by atoms with E-state index >= 15 is 0 Å². The number of halogens is 2. The summed E-state index contributed by atoms with van der Waals surface area (Å²) >= 11 is 0. The first-order valence-corrected chi connectivity index (χ1v) is 5.90. The highest BCUT2D eigenvalue weighted by Crippen LogP contribution is 2.30. The quantitative estimate of drug-likeness (QED) is 0.859. The maximum absolute atomic E-state index is 13.9. The van der Waals surface area contributed by atoms with Crippen LogP contribution in [0.15, 0.2) is 12.1 Å². The summed E-state index contributed by atoms with van der Waals surface area (Å²) in [5.41, 5.74) is 1.52. The van der Waals surface area contributed by atoms with Crippen molar-refractivity contribution >= 4 is 11.8 Å². The molecule has 1 unspecified atom stereocenters. The Morgan fingerprint density at radius 3 is 2.50 bits per heavy atom. The van der Waals surface area contributed by atoms with Gasteiger partial charge >= 0.3 is 6.09 Å². The monoisotopic (exact) mass is 281 g/mol. The molecule has 1 aromatic carbocycles. The number of nitrogens with zero attached hydrogens (tertiary/aromatic N) is 2. The third-order valence-corrected chi connectivity index (χ3v) is 2.83. The number of nitrogens with one attached hydrogen (secondary N) is 1. The van der Waals surface area contributed by atoms with Gasteiger partial charge in [-0.25, -0.2) is 18.6 Å². The van der Waals surface area contributed by atoms with Crippen LogP contribution in [0.25, 0.3) is 0 Å². The topological polar surface area (TPSA) is 65.4 Å². The fraction of sp³-hybridized carbons (Fsp3) is 0.385. The van der Waals surface area contributed by atoms with Crippen LogP contribution in [0.2, 0.25) is 0 Å². The van der Waals surface area contributed by atoms with Crippen LogP contribution in [0.1, 0.15) is 26.3 Å². The van der Waals surface area contributed by atoms with E-state index in [9.17, 15) is 13.6 Å². The molecule has 1 N–H and O–H groups in total. The Balaban J connectivity index is 2.36. The molecule has 1 fully saturated rings. The van der Waals surface area contributed by atoms with Gasteiger partial charge in [0.05, 0.1) is 5.56 Å². The van der Waals surface area contributed by atoms with Gasteiger partial charge < -0.3 is 4.74 Å². The van der Waals surface area contributed by atoms with E-state index in [0.717, 1.165) is 17.1 Å². The average molecular weight is 281 g/mol. The summed E-state index contributed by atoms with van der Waals surface area (Å²) in [5, 5.41) is 9.42. The van der Waals surface area contributed by atoms with Crippen molar-refractivity contribution in [3.8, 4) is 6.07 Å². The van der Waals surface area contributed by atoms with Crippen molar-refractivity contribution in [3.63, 3.8) is 0 Å². The highest BCUT2D eigenvalue weighted by Gasteiger charge is 2.40. The van der Waals surface area contributed by atoms with Gasteiger partial charge in [0, 0.05) is 11.5 Å². The average Bonchev–Trinajstić information content (AvgIpc) is 2.73. The summed E-state index contributed by atoms with van der Waals surface area (Å²) in [5.74, 6) is -1.79. The van der Waals surface area contributed by atoms with Gasteiger partial charge in [-0.05, 0) is 6.07 Å². The van der Waals surface area contributed by atoms with Crippen LogP contribution >= 0.6 is 0 Å². The molecule has 0 bridgehead atoms. The van der Waals surface area contributed by atoms with Gasteiger partial charge in [-0.2, -0.15) is 10.7 Å². The molecule has 0 spiro atoms. The minimum absolute atomic E-state index is 0.321. The number of hydrogen-bond acceptors (Lipinski definition) is 4. The number of rotatable bonds is 1. The molecule has 1 heterocycles. The Hall–Kier alpha value is -2.20. The molecule has 1 saturated heterocycles. The molecule has 0 aliphatic carbocycles.